The van der Waals surface area contributed by atoms with Crippen LogP contribution in [-0.2, 0) is 6.42 Å². The molecule has 0 aliphatic rings. The standard InChI is InChI=1S/C15H10FNO2/c16-12-5-6-14(18)13(8-12)15(19)7-10-1-3-11(9-17)4-2-10/h1-6,8,18H,7H2. The Hall–Kier alpha value is -2.67. The van der Waals surface area contributed by atoms with E-state index in [-0.39, 0.29) is 23.5 Å². The van der Waals surface area contributed by atoms with Gasteiger partial charge in [-0.05, 0) is 35.9 Å². The minimum absolute atomic E-state index is 0.0376. The minimum Gasteiger partial charge on any atom is -0.507 e. The number of ketones is 1. The molecule has 4 heteroatoms. The molecule has 2 rings (SSSR count). The molecule has 0 bridgehead atoms. The largest absolute Gasteiger partial charge is 0.507 e. The fraction of sp³-hybridized carbons (Fsp3) is 0.0667. The normalized spacial score (nSPS) is 9.89. The maximum atomic E-state index is 13.0. The molecule has 0 fully saturated rings. The fourth-order valence-electron chi connectivity index (χ4n) is 1.71. The van der Waals surface area contributed by atoms with Crippen molar-refractivity contribution in [1.82, 2.24) is 0 Å². The molecule has 1 N–H and O–H groups in total. The van der Waals surface area contributed by atoms with E-state index < -0.39 is 5.82 Å². The Morgan fingerprint density at radius 3 is 2.53 bits per heavy atom. The van der Waals surface area contributed by atoms with Gasteiger partial charge in [0.2, 0.25) is 0 Å². The Morgan fingerprint density at radius 2 is 1.89 bits per heavy atom. The summed E-state index contributed by atoms with van der Waals surface area (Å²) in [6.07, 6.45) is 0.0444. The number of phenolic OH excluding ortho intramolecular Hbond substituents is 1. The van der Waals surface area contributed by atoms with Crippen LogP contribution in [0.25, 0.3) is 0 Å². The van der Waals surface area contributed by atoms with Gasteiger partial charge in [-0.15, -0.1) is 0 Å². The van der Waals surface area contributed by atoms with E-state index in [0.717, 1.165) is 18.2 Å². The predicted octanol–water partition coefficient (Wildman–Crippen LogP) is 2.83. The molecule has 2 aromatic carbocycles. The molecule has 0 heterocycles. The van der Waals surface area contributed by atoms with Crippen LogP contribution in [0.1, 0.15) is 21.5 Å². The summed E-state index contributed by atoms with van der Waals surface area (Å²) in [5.74, 6) is -1.18. The van der Waals surface area contributed by atoms with Gasteiger partial charge in [-0.25, -0.2) is 4.39 Å². The van der Waals surface area contributed by atoms with Crippen molar-refractivity contribution in [2.24, 2.45) is 0 Å². The summed E-state index contributed by atoms with van der Waals surface area (Å²) < 4.78 is 13.0. The number of phenols is 1. The van der Waals surface area contributed by atoms with Crippen LogP contribution in [0.4, 0.5) is 4.39 Å². The number of nitrogens with zero attached hydrogens (tertiary/aromatic N) is 1. The zero-order valence-corrected chi connectivity index (χ0v) is 9.93. The highest BCUT2D eigenvalue weighted by atomic mass is 19.1. The molecule has 0 aromatic heterocycles. The van der Waals surface area contributed by atoms with Gasteiger partial charge in [0.05, 0.1) is 17.2 Å². The lowest BCUT2D eigenvalue weighted by atomic mass is 10.0. The zero-order chi connectivity index (χ0) is 13.8. The SMILES string of the molecule is N#Cc1ccc(CC(=O)c2cc(F)ccc2O)cc1. The number of Topliss-reactive ketones (excluding diaryl/α,β-unsaturated/α-hetero) is 1. The van der Waals surface area contributed by atoms with Crippen LogP contribution in [0.3, 0.4) is 0 Å². The lowest BCUT2D eigenvalue weighted by molar-refractivity contribution is 0.0990. The highest BCUT2D eigenvalue weighted by Gasteiger charge is 2.12. The number of hydrogen-bond acceptors (Lipinski definition) is 3. The Bertz CT molecular complexity index is 657. The zero-order valence-electron chi connectivity index (χ0n) is 9.93. The average molecular weight is 255 g/mol. The third-order valence-electron chi connectivity index (χ3n) is 2.71. The molecule has 2 aromatic rings. The summed E-state index contributed by atoms with van der Waals surface area (Å²) in [5, 5.41) is 18.2. The van der Waals surface area contributed by atoms with Crippen molar-refractivity contribution in [3.05, 3.63) is 65.0 Å². The number of rotatable bonds is 3. The van der Waals surface area contributed by atoms with Crippen molar-refractivity contribution < 1.29 is 14.3 Å². The van der Waals surface area contributed by atoms with Crippen LogP contribution in [0, 0.1) is 17.1 Å². The van der Waals surface area contributed by atoms with Gasteiger partial charge in [-0.1, -0.05) is 12.1 Å². The second kappa shape index (κ2) is 5.32. The van der Waals surface area contributed by atoms with E-state index in [9.17, 15) is 14.3 Å². The molecule has 0 saturated carbocycles. The quantitative estimate of drug-likeness (QED) is 0.858. The number of aromatic hydroxyl groups is 1. The van der Waals surface area contributed by atoms with E-state index in [2.05, 4.69) is 0 Å². The van der Waals surface area contributed by atoms with E-state index >= 15 is 0 Å². The van der Waals surface area contributed by atoms with Gasteiger partial charge in [0, 0.05) is 6.42 Å². The van der Waals surface area contributed by atoms with Gasteiger partial charge in [-0.2, -0.15) is 5.26 Å². The number of nitriles is 1. The van der Waals surface area contributed by atoms with E-state index in [1.165, 1.54) is 0 Å². The molecule has 0 aliphatic heterocycles. The number of hydrogen-bond donors (Lipinski definition) is 1. The lowest BCUT2D eigenvalue weighted by Crippen LogP contribution is -2.04. The average Bonchev–Trinajstić information content (AvgIpc) is 2.42. The van der Waals surface area contributed by atoms with Crippen molar-refractivity contribution in [2.75, 3.05) is 0 Å². The van der Waals surface area contributed by atoms with Gasteiger partial charge in [0.15, 0.2) is 5.78 Å². The summed E-state index contributed by atoms with van der Waals surface area (Å²) >= 11 is 0. The molecule has 0 unspecified atom stereocenters. The van der Waals surface area contributed by atoms with E-state index in [4.69, 9.17) is 5.26 Å². The monoisotopic (exact) mass is 255 g/mol. The molecule has 3 nitrogen and oxygen atoms in total. The minimum atomic E-state index is -0.569. The van der Waals surface area contributed by atoms with Crippen molar-refractivity contribution in [3.63, 3.8) is 0 Å². The molecule has 0 aliphatic carbocycles. The van der Waals surface area contributed by atoms with Gasteiger partial charge in [0.25, 0.3) is 0 Å². The Balaban J connectivity index is 2.21. The molecule has 0 radical (unpaired) electrons. The molecule has 94 valence electrons. The summed E-state index contributed by atoms with van der Waals surface area (Å²) in [4.78, 5) is 11.9. The molecule has 19 heavy (non-hydrogen) atoms. The first-order chi connectivity index (χ1) is 9.10. The van der Waals surface area contributed by atoms with Gasteiger partial charge >= 0.3 is 0 Å². The van der Waals surface area contributed by atoms with Gasteiger partial charge in [0.1, 0.15) is 11.6 Å². The van der Waals surface area contributed by atoms with E-state index in [0.29, 0.717) is 11.1 Å². The molecular weight excluding hydrogens is 245 g/mol. The van der Waals surface area contributed by atoms with E-state index in [1.54, 1.807) is 24.3 Å². The number of carbonyl (C=O) groups is 1. The van der Waals surface area contributed by atoms with Crippen LogP contribution >= 0.6 is 0 Å². The number of carbonyl (C=O) groups excluding carboxylic acids is 1. The molecule has 0 spiro atoms. The second-order valence-corrected chi connectivity index (χ2v) is 4.07. The van der Waals surface area contributed by atoms with Crippen LogP contribution in [0.15, 0.2) is 42.5 Å². The van der Waals surface area contributed by atoms with Gasteiger partial charge < -0.3 is 5.11 Å². The smallest absolute Gasteiger partial charge is 0.171 e. The van der Waals surface area contributed by atoms with Crippen LogP contribution in [0.2, 0.25) is 0 Å². The van der Waals surface area contributed by atoms with Gasteiger partial charge in [-0.3, -0.25) is 4.79 Å². The third-order valence-corrected chi connectivity index (χ3v) is 2.71. The van der Waals surface area contributed by atoms with Crippen molar-refractivity contribution >= 4 is 5.78 Å². The molecule has 0 atom stereocenters. The Kier molecular flexibility index (Phi) is 3.58. The summed E-state index contributed by atoms with van der Waals surface area (Å²) in [7, 11) is 0. The molecular formula is C15H10FNO2. The first-order valence-electron chi connectivity index (χ1n) is 5.61. The number of halogens is 1. The third kappa shape index (κ3) is 2.96. The molecule has 0 saturated heterocycles. The number of benzene rings is 2. The van der Waals surface area contributed by atoms with Crippen molar-refractivity contribution in [2.45, 2.75) is 6.42 Å². The Morgan fingerprint density at radius 1 is 1.21 bits per heavy atom. The highest BCUT2D eigenvalue weighted by molar-refractivity contribution is 5.99. The summed E-state index contributed by atoms with van der Waals surface area (Å²) in [5.41, 5.74) is 1.17. The highest BCUT2D eigenvalue weighted by Crippen LogP contribution is 2.20. The first-order valence-corrected chi connectivity index (χ1v) is 5.61. The lowest BCUT2D eigenvalue weighted by Gasteiger charge is -2.04. The maximum Gasteiger partial charge on any atom is 0.171 e. The van der Waals surface area contributed by atoms with Crippen LogP contribution in [0.5, 0.6) is 5.75 Å². The summed E-state index contributed by atoms with van der Waals surface area (Å²) in [6.45, 7) is 0. The maximum absolute atomic E-state index is 13.0. The van der Waals surface area contributed by atoms with Crippen molar-refractivity contribution in [1.29, 1.82) is 5.26 Å². The van der Waals surface area contributed by atoms with E-state index in [1.807, 2.05) is 6.07 Å². The fourth-order valence-corrected chi connectivity index (χ4v) is 1.71. The van der Waals surface area contributed by atoms with Crippen molar-refractivity contribution in [3.8, 4) is 11.8 Å². The van der Waals surface area contributed by atoms with Crippen LogP contribution in [-0.4, -0.2) is 10.9 Å². The topological polar surface area (TPSA) is 61.1 Å². The Labute approximate surface area is 109 Å². The first kappa shape index (κ1) is 12.8. The summed E-state index contributed by atoms with van der Waals surface area (Å²) in [6, 6.07) is 11.8. The second-order valence-electron chi connectivity index (χ2n) is 4.07. The van der Waals surface area contributed by atoms with Crippen LogP contribution < -0.4 is 0 Å². The predicted molar refractivity (Wildman–Crippen MR) is 67.3 cm³/mol. The molecule has 0 amide bonds.